The Hall–Kier alpha value is -1.73. The topological polar surface area (TPSA) is 67.9 Å². The summed E-state index contributed by atoms with van der Waals surface area (Å²) in [5.74, 6) is -1.18. The number of anilines is 1. The Morgan fingerprint density at radius 3 is 2.06 bits per heavy atom. The molecule has 0 heterocycles. The molecular weight excluding hydrogens is 470 g/mol. The number of rotatable bonds is 10. The van der Waals surface area contributed by atoms with Crippen molar-refractivity contribution in [2.45, 2.75) is 71.8 Å². The molecule has 33 heavy (non-hydrogen) atoms. The first-order valence-electron chi connectivity index (χ1n) is 11.0. The molecule has 0 aliphatic rings. The molecule has 188 valence electrons. The highest BCUT2D eigenvalue weighted by molar-refractivity contribution is 6.18. The fraction of sp³-hybridized carbons (Fsp3) is 0.667. The van der Waals surface area contributed by atoms with Crippen LogP contribution < -0.4 is 10.2 Å². The number of carbonyl (C=O) groups is 2. The summed E-state index contributed by atoms with van der Waals surface area (Å²) < 4.78 is 26.1. The lowest BCUT2D eigenvalue weighted by molar-refractivity contribution is -0.162. The summed E-state index contributed by atoms with van der Waals surface area (Å²) in [6, 6.07) is 5.56. The maximum absolute atomic E-state index is 15.6. The van der Waals surface area contributed by atoms with Crippen molar-refractivity contribution in [3.05, 3.63) is 29.3 Å². The van der Waals surface area contributed by atoms with Gasteiger partial charge in [0.15, 0.2) is 0 Å². The third kappa shape index (κ3) is 10.4. The summed E-state index contributed by atoms with van der Waals surface area (Å²) in [6.45, 7) is 13.0. The van der Waals surface area contributed by atoms with Crippen molar-refractivity contribution in [2.75, 3.05) is 36.3 Å². The van der Waals surface area contributed by atoms with E-state index in [1.165, 1.54) is 0 Å². The molecule has 0 bridgehead atoms. The van der Waals surface area contributed by atoms with E-state index in [9.17, 15) is 9.59 Å². The number of benzene rings is 1. The number of aryl methyl sites for hydroxylation is 1. The minimum Gasteiger partial charge on any atom is -0.458 e. The van der Waals surface area contributed by atoms with Crippen LogP contribution >= 0.6 is 23.2 Å². The minimum atomic E-state index is -2.00. The van der Waals surface area contributed by atoms with Crippen LogP contribution in [0.2, 0.25) is 0 Å². The van der Waals surface area contributed by atoms with E-state index in [1.54, 1.807) is 41.5 Å². The minimum absolute atomic E-state index is 0.148. The van der Waals surface area contributed by atoms with Gasteiger partial charge in [-0.1, -0.05) is 6.07 Å². The number of amides is 1. The molecule has 0 fully saturated rings. The molecule has 1 aromatic carbocycles. The predicted molar refractivity (Wildman–Crippen MR) is 133 cm³/mol. The number of nitrogens with one attached hydrogen (secondary N) is 1. The first kappa shape index (κ1) is 29.3. The molecule has 9 heteroatoms. The van der Waals surface area contributed by atoms with Crippen LogP contribution in [0.4, 0.5) is 14.9 Å². The van der Waals surface area contributed by atoms with Crippen LogP contribution in [0.15, 0.2) is 18.2 Å². The van der Waals surface area contributed by atoms with E-state index in [4.69, 9.17) is 32.7 Å². The fourth-order valence-electron chi connectivity index (χ4n) is 3.20. The van der Waals surface area contributed by atoms with Gasteiger partial charge in [0.2, 0.25) is 6.17 Å². The number of carbonyl (C=O) groups excluding carboxylic acids is 2. The molecule has 2 atom stereocenters. The first-order valence-corrected chi connectivity index (χ1v) is 12.1. The highest BCUT2D eigenvalue weighted by atomic mass is 35.5. The largest absolute Gasteiger partial charge is 0.458 e. The molecule has 0 aliphatic carbocycles. The molecule has 1 aromatic rings. The third-order valence-electron chi connectivity index (χ3n) is 4.59. The van der Waals surface area contributed by atoms with E-state index in [-0.39, 0.29) is 6.54 Å². The second-order valence-corrected chi connectivity index (χ2v) is 10.6. The van der Waals surface area contributed by atoms with E-state index >= 15 is 4.39 Å². The van der Waals surface area contributed by atoms with E-state index in [2.05, 4.69) is 5.32 Å². The summed E-state index contributed by atoms with van der Waals surface area (Å²) >= 11 is 11.9. The Morgan fingerprint density at radius 2 is 1.58 bits per heavy atom. The van der Waals surface area contributed by atoms with Crippen molar-refractivity contribution < 1.29 is 23.5 Å². The maximum Gasteiger partial charge on any atom is 0.407 e. The molecule has 1 N–H and O–H groups in total. The van der Waals surface area contributed by atoms with Crippen LogP contribution in [0.1, 0.15) is 58.6 Å². The summed E-state index contributed by atoms with van der Waals surface area (Å²) in [5, 5.41) is 2.60. The van der Waals surface area contributed by atoms with Crippen molar-refractivity contribution in [2.24, 2.45) is 0 Å². The quantitative estimate of drug-likeness (QED) is 0.332. The predicted octanol–water partition coefficient (Wildman–Crippen LogP) is 5.57. The molecule has 0 aromatic heterocycles. The number of nitrogens with zero attached hydrogens (tertiary/aromatic N) is 1. The van der Waals surface area contributed by atoms with Crippen LogP contribution in [0.3, 0.4) is 0 Å². The van der Waals surface area contributed by atoms with Crippen molar-refractivity contribution in [1.29, 1.82) is 0 Å². The van der Waals surface area contributed by atoms with Gasteiger partial charge < -0.3 is 19.7 Å². The van der Waals surface area contributed by atoms with E-state index < -0.39 is 35.4 Å². The Balaban J connectivity index is 3.32. The van der Waals surface area contributed by atoms with Crippen LogP contribution in [-0.2, 0) is 14.3 Å². The third-order valence-corrected chi connectivity index (χ3v) is 4.92. The molecule has 0 saturated carbocycles. The molecule has 0 spiro atoms. The van der Waals surface area contributed by atoms with E-state index in [0.717, 1.165) is 11.3 Å². The molecule has 0 radical (unpaired) electrons. The summed E-state index contributed by atoms with van der Waals surface area (Å²) in [5.41, 5.74) is 0.599. The summed E-state index contributed by atoms with van der Waals surface area (Å²) in [4.78, 5) is 26.8. The van der Waals surface area contributed by atoms with Gasteiger partial charge in [0.05, 0.1) is 0 Å². The van der Waals surface area contributed by atoms with E-state index in [1.807, 2.05) is 30.0 Å². The molecular formula is C24H37Cl2FN2O4. The van der Waals surface area contributed by atoms with Gasteiger partial charge in [-0.3, -0.25) is 0 Å². The first-order chi connectivity index (χ1) is 15.2. The number of hydrogen-bond acceptors (Lipinski definition) is 5. The number of esters is 1. The lowest BCUT2D eigenvalue weighted by Crippen LogP contribution is -2.40. The lowest BCUT2D eigenvalue weighted by Gasteiger charge is -2.29. The number of ether oxygens (including phenoxy) is 2. The zero-order valence-electron chi connectivity index (χ0n) is 20.6. The van der Waals surface area contributed by atoms with Gasteiger partial charge in [0.1, 0.15) is 11.2 Å². The second-order valence-electron chi connectivity index (χ2n) is 9.83. The number of halogens is 3. The highest BCUT2D eigenvalue weighted by Gasteiger charge is 2.35. The lowest BCUT2D eigenvalue weighted by atomic mass is 9.89. The molecule has 1 amide bonds. The summed E-state index contributed by atoms with van der Waals surface area (Å²) in [6.07, 6.45) is -2.69. The maximum atomic E-state index is 15.6. The Kier molecular flexibility index (Phi) is 11.2. The zero-order valence-corrected chi connectivity index (χ0v) is 22.1. The van der Waals surface area contributed by atoms with Crippen molar-refractivity contribution in [3.63, 3.8) is 0 Å². The van der Waals surface area contributed by atoms with E-state index in [0.29, 0.717) is 30.4 Å². The van der Waals surface area contributed by atoms with Gasteiger partial charge in [-0.05, 0) is 71.7 Å². The van der Waals surface area contributed by atoms with Crippen molar-refractivity contribution >= 4 is 41.0 Å². The fourth-order valence-corrected chi connectivity index (χ4v) is 3.61. The van der Waals surface area contributed by atoms with Gasteiger partial charge >= 0.3 is 12.1 Å². The van der Waals surface area contributed by atoms with Gasteiger partial charge in [0.25, 0.3) is 0 Å². The normalized spacial score (nSPS) is 13.8. The van der Waals surface area contributed by atoms with Gasteiger partial charge in [-0.2, -0.15) is 0 Å². The summed E-state index contributed by atoms with van der Waals surface area (Å²) in [7, 11) is 0. The average molecular weight is 507 g/mol. The van der Waals surface area contributed by atoms with Gasteiger partial charge in [-0.25, -0.2) is 14.0 Å². The smallest absolute Gasteiger partial charge is 0.407 e. The van der Waals surface area contributed by atoms with Crippen LogP contribution in [0.5, 0.6) is 0 Å². The standard InChI is InChI=1S/C24H37Cl2FN2O4/c1-16-8-9-17(29(12-10-25)13-11-26)14-18(16)19(15-28-22(31)33-24(5,6)7)20(27)21(30)32-23(2,3)4/h8-9,14,19-20H,10-13,15H2,1-7H3,(H,28,31). The average Bonchev–Trinajstić information content (AvgIpc) is 2.66. The molecule has 0 aliphatic heterocycles. The van der Waals surface area contributed by atoms with Gasteiger partial charge in [-0.15, -0.1) is 23.2 Å². The number of alkyl halides is 3. The number of alkyl carbamates (subject to hydrolysis) is 1. The van der Waals surface area contributed by atoms with Crippen LogP contribution in [-0.4, -0.2) is 60.8 Å². The molecule has 1 rings (SSSR count). The Labute approximate surface area is 207 Å². The SMILES string of the molecule is Cc1ccc(N(CCCl)CCCl)cc1C(CNC(=O)OC(C)(C)C)C(F)C(=O)OC(C)(C)C. The molecule has 6 nitrogen and oxygen atoms in total. The highest BCUT2D eigenvalue weighted by Crippen LogP contribution is 2.31. The van der Waals surface area contributed by atoms with Crippen LogP contribution in [0, 0.1) is 6.92 Å². The Bertz CT molecular complexity index is 788. The van der Waals surface area contributed by atoms with Crippen molar-refractivity contribution in [1.82, 2.24) is 5.32 Å². The zero-order chi connectivity index (χ0) is 25.4. The molecule has 2 unspecified atom stereocenters. The van der Waals surface area contributed by atoms with Crippen molar-refractivity contribution in [3.8, 4) is 0 Å². The monoisotopic (exact) mass is 506 g/mol. The van der Waals surface area contributed by atoms with Gasteiger partial charge in [0, 0.05) is 43.0 Å². The number of hydrogen-bond donors (Lipinski definition) is 1. The Morgan fingerprint density at radius 1 is 1.03 bits per heavy atom. The second kappa shape index (κ2) is 12.7. The van der Waals surface area contributed by atoms with Crippen LogP contribution in [0.25, 0.3) is 0 Å². The molecule has 0 saturated heterocycles.